The molecule has 0 aliphatic rings. The maximum absolute atomic E-state index is 13.2. The number of unbranched alkanes of at least 4 members (excludes halogenated alkanes) is 4. The fourth-order valence-corrected chi connectivity index (χ4v) is 5.25. The van der Waals surface area contributed by atoms with Crippen LogP contribution in [0.3, 0.4) is 0 Å². The fourth-order valence-electron chi connectivity index (χ4n) is 5.25. The lowest BCUT2D eigenvalue weighted by Crippen LogP contribution is -2.10. The number of carbonyl (C=O) groups excluding carboxylic acids is 2. The molecule has 7 nitrogen and oxygen atoms in total. The summed E-state index contributed by atoms with van der Waals surface area (Å²) in [5, 5.41) is 1.82. The van der Waals surface area contributed by atoms with Crippen molar-refractivity contribution < 1.29 is 33.3 Å². The summed E-state index contributed by atoms with van der Waals surface area (Å²) in [6.45, 7) is 6.68. The van der Waals surface area contributed by atoms with Crippen LogP contribution in [0, 0.1) is 23.7 Å². The Morgan fingerprint density at radius 3 is 1.83 bits per heavy atom. The molecule has 0 bridgehead atoms. The summed E-state index contributed by atoms with van der Waals surface area (Å²) in [6.07, 6.45) is 7.13. The first-order chi connectivity index (χ1) is 25.9. The lowest BCUT2D eigenvalue weighted by Gasteiger charge is -2.10. The van der Waals surface area contributed by atoms with Crippen molar-refractivity contribution in [1.29, 1.82) is 0 Å². The molecule has 0 radical (unpaired) electrons. The SMILES string of the molecule is C=CC(=O)OCCOc1ccc(C#Cc2ccc3cc(C(=O)Oc4ccc(C#Cc5ccc(OCCCCCCC)cc5)cc4OC)ccc3c2)cc1. The topological polar surface area (TPSA) is 80.3 Å². The molecular weight excluding hydrogens is 664 g/mol. The van der Waals surface area contributed by atoms with E-state index in [1.165, 1.54) is 32.8 Å². The van der Waals surface area contributed by atoms with Crippen molar-refractivity contribution in [2.75, 3.05) is 26.9 Å². The Morgan fingerprint density at radius 1 is 0.604 bits per heavy atom. The molecule has 0 amide bonds. The fraction of sp³-hybridized carbons (Fsp3) is 0.217. The first-order valence-corrected chi connectivity index (χ1v) is 17.7. The second-order valence-corrected chi connectivity index (χ2v) is 12.1. The van der Waals surface area contributed by atoms with Gasteiger partial charge in [-0.1, -0.05) is 75.0 Å². The molecule has 53 heavy (non-hydrogen) atoms. The van der Waals surface area contributed by atoms with Gasteiger partial charge in [0.1, 0.15) is 24.7 Å². The van der Waals surface area contributed by atoms with Gasteiger partial charge in [0.05, 0.1) is 19.3 Å². The van der Waals surface area contributed by atoms with Crippen molar-refractivity contribution in [2.24, 2.45) is 0 Å². The molecule has 5 aromatic carbocycles. The van der Waals surface area contributed by atoms with Crippen LogP contribution in [0.25, 0.3) is 10.8 Å². The molecule has 0 fully saturated rings. The molecule has 5 aromatic rings. The van der Waals surface area contributed by atoms with E-state index in [2.05, 4.69) is 37.2 Å². The van der Waals surface area contributed by atoms with Crippen LogP contribution < -0.4 is 18.9 Å². The molecule has 0 unspecified atom stereocenters. The Balaban J connectivity index is 1.15. The predicted octanol–water partition coefficient (Wildman–Crippen LogP) is 9.32. The number of carbonyl (C=O) groups is 2. The molecule has 0 spiro atoms. The molecular formula is C46H42O7. The Kier molecular flexibility index (Phi) is 14.1. The third-order valence-electron chi connectivity index (χ3n) is 8.13. The van der Waals surface area contributed by atoms with Gasteiger partial charge in [-0.2, -0.15) is 0 Å². The van der Waals surface area contributed by atoms with E-state index in [0.717, 1.165) is 57.9 Å². The van der Waals surface area contributed by atoms with Crippen LogP contribution in [0.4, 0.5) is 0 Å². The summed E-state index contributed by atoms with van der Waals surface area (Å²) in [5.74, 6) is 13.9. The van der Waals surface area contributed by atoms with Gasteiger partial charge >= 0.3 is 11.9 Å². The maximum atomic E-state index is 13.2. The molecule has 0 aliphatic carbocycles. The number of hydrogen-bond donors (Lipinski definition) is 0. The van der Waals surface area contributed by atoms with Crippen LogP contribution in [-0.2, 0) is 9.53 Å². The first-order valence-electron chi connectivity index (χ1n) is 17.7. The summed E-state index contributed by atoms with van der Waals surface area (Å²) in [5.41, 5.74) is 3.66. The minimum atomic E-state index is -0.499. The molecule has 0 heterocycles. The highest BCUT2D eigenvalue weighted by molar-refractivity contribution is 5.97. The smallest absolute Gasteiger partial charge is 0.343 e. The number of fused-ring (bicyclic) bond motifs is 1. The Labute approximate surface area is 311 Å². The Hall–Kier alpha value is -6.44. The van der Waals surface area contributed by atoms with E-state index in [-0.39, 0.29) is 13.2 Å². The second kappa shape index (κ2) is 19.8. The monoisotopic (exact) mass is 706 g/mol. The molecule has 7 heteroatoms. The van der Waals surface area contributed by atoms with Crippen molar-refractivity contribution in [3.8, 4) is 46.7 Å². The zero-order valence-corrected chi connectivity index (χ0v) is 30.1. The third kappa shape index (κ3) is 11.8. The van der Waals surface area contributed by atoms with Gasteiger partial charge in [-0.25, -0.2) is 9.59 Å². The van der Waals surface area contributed by atoms with Crippen LogP contribution in [0.5, 0.6) is 23.0 Å². The zero-order chi connectivity index (χ0) is 37.3. The lowest BCUT2D eigenvalue weighted by molar-refractivity contribution is -0.138. The normalized spacial score (nSPS) is 10.2. The van der Waals surface area contributed by atoms with Crippen LogP contribution in [0.2, 0.25) is 0 Å². The number of benzene rings is 5. The number of esters is 2. The lowest BCUT2D eigenvalue weighted by atomic mass is 10.0. The van der Waals surface area contributed by atoms with Gasteiger partial charge in [0.25, 0.3) is 0 Å². The van der Waals surface area contributed by atoms with Gasteiger partial charge in [0.15, 0.2) is 11.5 Å². The van der Waals surface area contributed by atoms with Gasteiger partial charge in [-0.05, 0) is 108 Å². The summed E-state index contributed by atoms with van der Waals surface area (Å²) >= 11 is 0. The van der Waals surface area contributed by atoms with E-state index in [9.17, 15) is 9.59 Å². The highest BCUT2D eigenvalue weighted by Crippen LogP contribution is 2.29. The summed E-state index contributed by atoms with van der Waals surface area (Å²) in [7, 11) is 1.53. The van der Waals surface area contributed by atoms with Crippen molar-refractivity contribution in [1.82, 2.24) is 0 Å². The van der Waals surface area contributed by atoms with E-state index < -0.39 is 11.9 Å². The van der Waals surface area contributed by atoms with Crippen molar-refractivity contribution in [2.45, 2.75) is 39.0 Å². The average molecular weight is 707 g/mol. The van der Waals surface area contributed by atoms with Gasteiger partial charge < -0.3 is 23.7 Å². The van der Waals surface area contributed by atoms with Gasteiger partial charge in [-0.15, -0.1) is 0 Å². The van der Waals surface area contributed by atoms with Crippen LogP contribution >= 0.6 is 0 Å². The third-order valence-corrected chi connectivity index (χ3v) is 8.13. The van der Waals surface area contributed by atoms with Gasteiger partial charge in [-0.3, -0.25) is 0 Å². The molecule has 0 aromatic heterocycles. The van der Waals surface area contributed by atoms with E-state index in [1.807, 2.05) is 72.8 Å². The Morgan fingerprint density at radius 2 is 1.17 bits per heavy atom. The molecule has 0 aliphatic heterocycles. The van der Waals surface area contributed by atoms with Gasteiger partial charge in [0.2, 0.25) is 0 Å². The molecule has 5 rings (SSSR count). The predicted molar refractivity (Wildman–Crippen MR) is 208 cm³/mol. The van der Waals surface area contributed by atoms with Crippen molar-refractivity contribution in [3.63, 3.8) is 0 Å². The highest BCUT2D eigenvalue weighted by Gasteiger charge is 2.14. The van der Waals surface area contributed by atoms with Crippen LogP contribution in [0.1, 0.15) is 71.6 Å². The maximum Gasteiger partial charge on any atom is 0.343 e. The Bertz CT molecular complexity index is 2140. The second-order valence-electron chi connectivity index (χ2n) is 12.1. The quantitative estimate of drug-likeness (QED) is 0.0353. The van der Waals surface area contributed by atoms with Crippen molar-refractivity contribution in [3.05, 3.63) is 144 Å². The largest absolute Gasteiger partial charge is 0.494 e. The first kappa shape index (κ1) is 37.8. The zero-order valence-electron chi connectivity index (χ0n) is 30.1. The molecule has 0 N–H and O–H groups in total. The van der Waals surface area contributed by atoms with Crippen LogP contribution in [-0.4, -0.2) is 38.9 Å². The van der Waals surface area contributed by atoms with E-state index >= 15 is 0 Å². The molecule has 0 saturated carbocycles. The minimum absolute atomic E-state index is 0.142. The van der Waals surface area contributed by atoms with E-state index in [0.29, 0.717) is 22.8 Å². The molecule has 268 valence electrons. The average Bonchev–Trinajstić information content (AvgIpc) is 3.20. The minimum Gasteiger partial charge on any atom is -0.494 e. The molecule has 0 saturated heterocycles. The number of rotatable bonds is 15. The number of hydrogen-bond acceptors (Lipinski definition) is 7. The molecule has 0 atom stereocenters. The number of methoxy groups -OCH3 is 1. The van der Waals surface area contributed by atoms with Crippen molar-refractivity contribution >= 4 is 22.7 Å². The highest BCUT2D eigenvalue weighted by atomic mass is 16.6. The van der Waals surface area contributed by atoms with E-state index in [1.54, 1.807) is 30.3 Å². The number of ether oxygens (including phenoxy) is 5. The standard InChI is InChI=1S/C46H42O7/c1-4-6-7-8-9-28-50-41-23-15-35(16-24-41)11-13-37-19-27-43(44(32-37)49-3)53-46(48)40-22-21-38-31-36(14-20-39(38)33-40)12-10-34-17-25-42(26-18-34)51-29-30-52-45(47)5-2/h5,14-27,31-33H,2,4,6-9,28-30H2,1,3H3. The summed E-state index contributed by atoms with van der Waals surface area (Å²) in [4.78, 5) is 24.3. The summed E-state index contributed by atoms with van der Waals surface area (Å²) in [6, 6.07) is 31.6. The summed E-state index contributed by atoms with van der Waals surface area (Å²) < 4.78 is 27.6. The van der Waals surface area contributed by atoms with E-state index in [4.69, 9.17) is 23.7 Å². The van der Waals surface area contributed by atoms with Gasteiger partial charge in [0, 0.05) is 28.3 Å². The van der Waals surface area contributed by atoms with Crippen LogP contribution in [0.15, 0.2) is 116 Å².